The summed E-state index contributed by atoms with van der Waals surface area (Å²) >= 11 is 0. The number of hydrogen-bond donors (Lipinski definition) is 1. The maximum Gasteiger partial charge on any atom is 0.119 e. The van der Waals surface area contributed by atoms with Crippen LogP contribution in [0.5, 0.6) is 5.75 Å². The molecule has 20 heavy (non-hydrogen) atoms. The lowest BCUT2D eigenvalue weighted by Gasteiger charge is -2.24. The molecule has 0 saturated heterocycles. The summed E-state index contributed by atoms with van der Waals surface area (Å²) < 4.78 is 6.13. The van der Waals surface area contributed by atoms with Crippen LogP contribution < -0.4 is 10.1 Å². The molecule has 0 aromatic heterocycles. The van der Waals surface area contributed by atoms with Crippen LogP contribution in [0.25, 0.3) is 0 Å². The maximum absolute atomic E-state index is 6.13. The van der Waals surface area contributed by atoms with Gasteiger partial charge in [-0.25, -0.2) is 0 Å². The highest BCUT2D eigenvalue weighted by molar-refractivity contribution is 5.29. The SMILES string of the molecule is CC(C)CNCC(Oc1ccc(C(C)C)cc1)C(C)C. The van der Waals surface area contributed by atoms with Crippen LogP contribution in [0.1, 0.15) is 53.0 Å². The summed E-state index contributed by atoms with van der Waals surface area (Å²) in [6.45, 7) is 15.2. The first-order chi connectivity index (χ1) is 9.40. The van der Waals surface area contributed by atoms with E-state index in [4.69, 9.17) is 4.74 Å². The highest BCUT2D eigenvalue weighted by Gasteiger charge is 2.15. The Hall–Kier alpha value is -1.02. The van der Waals surface area contributed by atoms with Gasteiger partial charge in [0.05, 0.1) is 0 Å². The number of benzene rings is 1. The molecule has 1 rings (SSSR count). The zero-order chi connectivity index (χ0) is 15.1. The van der Waals surface area contributed by atoms with Crippen LogP contribution in [0.15, 0.2) is 24.3 Å². The van der Waals surface area contributed by atoms with E-state index in [2.05, 4.69) is 71.1 Å². The summed E-state index contributed by atoms with van der Waals surface area (Å²) in [5.41, 5.74) is 1.36. The molecule has 0 heterocycles. The van der Waals surface area contributed by atoms with Crippen molar-refractivity contribution in [2.45, 2.75) is 53.6 Å². The highest BCUT2D eigenvalue weighted by atomic mass is 16.5. The van der Waals surface area contributed by atoms with Crippen LogP contribution in [0, 0.1) is 11.8 Å². The van der Waals surface area contributed by atoms with E-state index in [0.717, 1.165) is 18.8 Å². The minimum Gasteiger partial charge on any atom is -0.489 e. The topological polar surface area (TPSA) is 21.3 Å². The Morgan fingerprint density at radius 2 is 1.50 bits per heavy atom. The fourth-order valence-electron chi connectivity index (χ4n) is 2.03. The normalized spacial score (nSPS) is 13.2. The summed E-state index contributed by atoms with van der Waals surface area (Å²) in [4.78, 5) is 0. The van der Waals surface area contributed by atoms with Gasteiger partial charge in [-0.15, -0.1) is 0 Å². The second-order valence-electron chi connectivity index (χ2n) is 6.68. The van der Waals surface area contributed by atoms with Crippen LogP contribution in [-0.2, 0) is 0 Å². The van der Waals surface area contributed by atoms with Crippen molar-refractivity contribution < 1.29 is 4.74 Å². The number of nitrogens with one attached hydrogen (secondary N) is 1. The smallest absolute Gasteiger partial charge is 0.119 e. The van der Waals surface area contributed by atoms with Gasteiger partial charge in [-0.2, -0.15) is 0 Å². The predicted molar refractivity (Wildman–Crippen MR) is 87.5 cm³/mol. The van der Waals surface area contributed by atoms with Crippen molar-refractivity contribution in [3.05, 3.63) is 29.8 Å². The van der Waals surface area contributed by atoms with Gasteiger partial charge < -0.3 is 10.1 Å². The monoisotopic (exact) mass is 277 g/mol. The first kappa shape index (κ1) is 17.0. The molecular formula is C18H31NO. The molecule has 0 spiro atoms. The molecule has 0 radical (unpaired) electrons. The average Bonchev–Trinajstić information content (AvgIpc) is 2.37. The third-order valence-corrected chi connectivity index (χ3v) is 3.48. The van der Waals surface area contributed by atoms with E-state index in [-0.39, 0.29) is 6.10 Å². The Kier molecular flexibility index (Phi) is 7.08. The zero-order valence-electron chi connectivity index (χ0n) is 13.9. The summed E-state index contributed by atoms with van der Waals surface area (Å²) in [6.07, 6.45) is 0.221. The molecule has 0 aliphatic heterocycles. The number of hydrogen-bond acceptors (Lipinski definition) is 2. The molecule has 1 atom stereocenters. The highest BCUT2D eigenvalue weighted by Crippen LogP contribution is 2.20. The Labute approximate surface area is 124 Å². The molecular weight excluding hydrogens is 246 g/mol. The van der Waals surface area contributed by atoms with Crippen LogP contribution in [0.2, 0.25) is 0 Å². The minimum atomic E-state index is 0.221. The van der Waals surface area contributed by atoms with Crippen molar-refractivity contribution >= 4 is 0 Å². The van der Waals surface area contributed by atoms with Gasteiger partial charge in [0.25, 0.3) is 0 Å². The zero-order valence-corrected chi connectivity index (χ0v) is 13.9. The van der Waals surface area contributed by atoms with E-state index in [0.29, 0.717) is 17.8 Å². The first-order valence-corrected chi connectivity index (χ1v) is 7.87. The molecule has 0 saturated carbocycles. The molecule has 1 aromatic rings. The summed E-state index contributed by atoms with van der Waals surface area (Å²) in [5, 5.41) is 3.49. The Bertz CT molecular complexity index is 368. The first-order valence-electron chi connectivity index (χ1n) is 7.87. The van der Waals surface area contributed by atoms with Gasteiger partial charge in [-0.3, -0.25) is 0 Å². The van der Waals surface area contributed by atoms with Crippen molar-refractivity contribution in [1.29, 1.82) is 0 Å². The second-order valence-corrected chi connectivity index (χ2v) is 6.68. The molecule has 2 nitrogen and oxygen atoms in total. The van der Waals surface area contributed by atoms with Crippen LogP contribution in [0.3, 0.4) is 0 Å². The van der Waals surface area contributed by atoms with Crippen molar-refractivity contribution in [3.63, 3.8) is 0 Å². The Morgan fingerprint density at radius 1 is 0.900 bits per heavy atom. The fourth-order valence-corrected chi connectivity index (χ4v) is 2.03. The van der Waals surface area contributed by atoms with E-state index in [1.54, 1.807) is 0 Å². The van der Waals surface area contributed by atoms with Crippen molar-refractivity contribution in [1.82, 2.24) is 5.32 Å². The van der Waals surface area contributed by atoms with Crippen LogP contribution in [0.4, 0.5) is 0 Å². The molecule has 1 unspecified atom stereocenters. The quantitative estimate of drug-likeness (QED) is 0.757. The lowest BCUT2D eigenvalue weighted by Crippen LogP contribution is -2.36. The van der Waals surface area contributed by atoms with Crippen molar-refractivity contribution in [2.24, 2.45) is 11.8 Å². The predicted octanol–water partition coefficient (Wildman–Crippen LogP) is 4.46. The lowest BCUT2D eigenvalue weighted by atomic mass is 10.0. The van der Waals surface area contributed by atoms with Crippen molar-refractivity contribution in [2.75, 3.05) is 13.1 Å². The van der Waals surface area contributed by atoms with Crippen LogP contribution >= 0.6 is 0 Å². The molecule has 114 valence electrons. The van der Waals surface area contributed by atoms with Gasteiger partial charge in [0.2, 0.25) is 0 Å². The van der Waals surface area contributed by atoms with E-state index < -0.39 is 0 Å². The second kappa shape index (κ2) is 8.31. The standard InChI is InChI=1S/C18H31NO/c1-13(2)11-19-12-18(15(5)6)20-17-9-7-16(8-10-17)14(3)4/h7-10,13-15,18-19H,11-12H2,1-6H3. The van der Waals surface area contributed by atoms with E-state index in [9.17, 15) is 0 Å². The van der Waals surface area contributed by atoms with Gasteiger partial charge >= 0.3 is 0 Å². The Morgan fingerprint density at radius 3 is 1.95 bits per heavy atom. The third kappa shape index (κ3) is 5.96. The molecule has 2 heteroatoms. The molecule has 0 fully saturated rings. The summed E-state index contributed by atoms with van der Waals surface area (Å²) in [7, 11) is 0. The largest absolute Gasteiger partial charge is 0.489 e. The van der Waals surface area contributed by atoms with Crippen molar-refractivity contribution in [3.8, 4) is 5.75 Å². The summed E-state index contributed by atoms with van der Waals surface area (Å²) in [6, 6.07) is 8.51. The lowest BCUT2D eigenvalue weighted by molar-refractivity contribution is 0.148. The van der Waals surface area contributed by atoms with Crippen LogP contribution in [-0.4, -0.2) is 19.2 Å². The van der Waals surface area contributed by atoms with Gasteiger partial charge in [0.15, 0.2) is 0 Å². The maximum atomic E-state index is 6.13. The summed E-state index contributed by atoms with van der Waals surface area (Å²) in [5.74, 6) is 2.71. The van der Waals surface area contributed by atoms with Gasteiger partial charge in [0.1, 0.15) is 11.9 Å². The molecule has 0 aliphatic rings. The van der Waals surface area contributed by atoms with Gasteiger partial charge in [-0.05, 0) is 42.0 Å². The van der Waals surface area contributed by atoms with Gasteiger partial charge in [0, 0.05) is 6.54 Å². The van der Waals surface area contributed by atoms with Gasteiger partial charge in [-0.1, -0.05) is 53.7 Å². The van der Waals surface area contributed by atoms with E-state index in [1.807, 2.05) is 0 Å². The molecule has 0 amide bonds. The average molecular weight is 277 g/mol. The van der Waals surface area contributed by atoms with E-state index in [1.165, 1.54) is 5.56 Å². The third-order valence-electron chi connectivity index (χ3n) is 3.48. The molecule has 1 N–H and O–H groups in total. The molecule has 0 aliphatic carbocycles. The number of rotatable bonds is 8. The Balaban J connectivity index is 2.56. The fraction of sp³-hybridized carbons (Fsp3) is 0.667. The minimum absolute atomic E-state index is 0.221. The van der Waals surface area contributed by atoms with E-state index >= 15 is 0 Å². The molecule has 1 aromatic carbocycles. The molecule has 0 bridgehead atoms. The number of ether oxygens (including phenoxy) is 1.